The van der Waals surface area contributed by atoms with Crippen LogP contribution in [0.3, 0.4) is 0 Å². The SMILES string of the molecule is COc1cccc2c1CC(N)C(C)C2. The number of ether oxygens (including phenoxy) is 1. The molecule has 2 rings (SSSR count). The molecule has 0 saturated carbocycles. The van der Waals surface area contributed by atoms with Crippen LogP contribution in [-0.2, 0) is 12.8 Å². The van der Waals surface area contributed by atoms with E-state index in [2.05, 4.69) is 19.1 Å². The third-order valence-corrected chi connectivity index (χ3v) is 3.16. The zero-order valence-electron chi connectivity index (χ0n) is 8.79. The quantitative estimate of drug-likeness (QED) is 0.734. The summed E-state index contributed by atoms with van der Waals surface area (Å²) in [6.07, 6.45) is 2.02. The van der Waals surface area contributed by atoms with Gasteiger partial charge in [0.25, 0.3) is 0 Å². The largest absolute Gasteiger partial charge is 0.496 e. The molecule has 2 unspecified atom stereocenters. The number of hydrogen-bond donors (Lipinski definition) is 1. The molecular formula is C12H17NO. The monoisotopic (exact) mass is 191 g/mol. The Bertz CT molecular complexity index is 335. The lowest BCUT2D eigenvalue weighted by Gasteiger charge is -2.28. The lowest BCUT2D eigenvalue weighted by atomic mass is 9.81. The first-order valence-electron chi connectivity index (χ1n) is 5.12. The number of benzene rings is 1. The van der Waals surface area contributed by atoms with E-state index >= 15 is 0 Å². The van der Waals surface area contributed by atoms with E-state index in [9.17, 15) is 0 Å². The minimum absolute atomic E-state index is 0.277. The molecule has 0 aliphatic heterocycles. The van der Waals surface area contributed by atoms with Gasteiger partial charge < -0.3 is 10.5 Å². The molecule has 0 saturated heterocycles. The van der Waals surface area contributed by atoms with Crippen LogP contribution in [0.4, 0.5) is 0 Å². The molecule has 0 spiro atoms. The smallest absolute Gasteiger partial charge is 0.122 e. The van der Waals surface area contributed by atoms with Gasteiger partial charge in [0.1, 0.15) is 5.75 Å². The summed E-state index contributed by atoms with van der Waals surface area (Å²) in [5, 5.41) is 0. The van der Waals surface area contributed by atoms with Crippen LogP contribution in [0.2, 0.25) is 0 Å². The zero-order chi connectivity index (χ0) is 10.1. The summed E-state index contributed by atoms with van der Waals surface area (Å²) in [5.41, 5.74) is 8.77. The highest BCUT2D eigenvalue weighted by Crippen LogP contribution is 2.31. The van der Waals surface area contributed by atoms with Crippen LogP contribution < -0.4 is 10.5 Å². The van der Waals surface area contributed by atoms with Gasteiger partial charge in [-0.15, -0.1) is 0 Å². The summed E-state index contributed by atoms with van der Waals surface area (Å²) in [6.45, 7) is 2.22. The minimum atomic E-state index is 0.277. The number of hydrogen-bond acceptors (Lipinski definition) is 2. The molecule has 2 N–H and O–H groups in total. The van der Waals surface area contributed by atoms with Crippen LogP contribution in [0.15, 0.2) is 18.2 Å². The first-order chi connectivity index (χ1) is 6.72. The number of fused-ring (bicyclic) bond motifs is 1. The second-order valence-corrected chi connectivity index (χ2v) is 4.15. The van der Waals surface area contributed by atoms with Crippen molar-refractivity contribution < 1.29 is 4.74 Å². The van der Waals surface area contributed by atoms with Crippen molar-refractivity contribution in [1.29, 1.82) is 0 Å². The Morgan fingerprint density at radius 2 is 2.14 bits per heavy atom. The van der Waals surface area contributed by atoms with Crippen molar-refractivity contribution in [3.8, 4) is 5.75 Å². The van der Waals surface area contributed by atoms with Gasteiger partial charge in [-0.3, -0.25) is 0 Å². The summed E-state index contributed by atoms with van der Waals surface area (Å²) in [6, 6.07) is 6.53. The predicted molar refractivity (Wildman–Crippen MR) is 57.5 cm³/mol. The second kappa shape index (κ2) is 3.62. The molecule has 1 aromatic carbocycles. The van der Waals surface area contributed by atoms with Crippen molar-refractivity contribution in [1.82, 2.24) is 0 Å². The van der Waals surface area contributed by atoms with Crippen molar-refractivity contribution >= 4 is 0 Å². The summed E-state index contributed by atoms with van der Waals surface area (Å²) in [7, 11) is 1.72. The first kappa shape index (κ1) is 9.53. The topological polar surface area (TPSA) is 35.2 Å². The molecule has 1 aliphatic rings. The number of nitrogens with two attached hydrogens (primary N) is 1. The molecule has 1 aromatic rings. The highest BCUT2D eigenvalue weighted by Gasteiger charge is 2.24. The summed E-state index contributed by atoms with van der Waals surface area (Å²) < 4.78 is 5.34. The van der Waals surface area contributed by atoms with Gasteiger partial charge in [0.2, 0.25) is 0 Å². The van der Waals surface area contributed by atoms with E-state index in [1.54, 1.807) is 7.11 Å². The van der Waals surface area contributed by atoms with Crippen LogP contribution in [0.5, 0.6) is 5.75 Å². The summed E-state index contributed by atoms with van der Waals surface area (Å²) >= 11 is 0. The van der Waals surface area contributed by atoms with Gasteiger partial charge in [-0.05, 0) is 36.0 Å². The van der Waals surface area contributed by atoms with Crippen LogP contribution in [0.25, 0.3) is 0 Å². The van der Waals surface area contributed by atoms with Gasteiger partial charge in [-0.25, -0.2) is 0 Å². The number of methoxy groups -OCH3 is 1. The fraction of sp³-hybridized carbons (Fsp3) is 0.500. The summed E-state index contributed by atoms with van der Waals surface area (Å²) in [4.78, 5) is 0. The van der Waals surface area contributed by atoms with E-state index in [4.69, 9.17) is 10.5 Å². The lowest BCUT2D eigenvalue weighted by Crippen LogP contribution is -2.35. The Morgan fingerprint density at radius 3 is 2.86 bits per heavy atom. The fourth-order valence-electron chi connectivity index (χ4n) is 2.16. The highest BCUT2D eigenvalue weighted by molar-refractivity contribution is 5.42. The number of rotatable bonds is 1. The molecule has 0 aromatic heterocycles. The molecule has 0 heterocycles. The molecule has 0 bridgehead atoms. The Balaban J connectivity index is 2.41. The van der Waals surface area contributed by atoms with Crippen molar-refractivity contribution in [2.45, 2.75) is 25.8 Å². The average Bonchev–Trinajstić information content (AvgIpc) is 2.19. The molecule has 2 atom stereocenters. The van der Waals surface area contributed by atoms with Crippen LogP contribution in [-0.4, -0.2) is 13.2 Å². The predicted octanol–water partition coefficient (Wildman–Crippen LogP) is 1.76. The lowest BCUT2D eigenvalue weighted by molar-refractivity contribution is 0.384. The molecule has 0 radical (unpaired) electrons. The maximum atomic E-state index is 6.06. The fourth-order valence-corrected chi connectivity index (χ4v) is 2.16. The molecule has 76 valence electrons. The molecule has 0 amide bonds. The van der Waals surface area contributed by atoms with Gasteiger partial charge >= 0.3 is 0 Å². The van der Waals surface area contributed by atoms with Crippen LogP contribution in [0.1, 0.15) is 18.1 Å². The van der Waals surface area contributed by atoms with Gasteiger partial charge in [0, 0.05) is 6.04 Å². The van der Waals surface area contributed by atoms with Gasteiger partial charge in [0.05, 0.1) is 7.11 Å². The standard InChI is InChI=1S/C12H17NO/c1-8-6-9-4-3-5-12(14-2)10(9)7-11(8)13/h3-5,8,11H,6-7,13H2,1-2H3. The van der Waals surface area contributed by atoms with Crippen molar-refractivity contribution in [2.75, 3.05) is 7.11 Å². The minimum Gasteiger partial charge on any atom is -0.496 e. The normalized spacial score (nSPS) is 25.6. The Hall–Kier alpha value is -1.02. The maximum Gasteiger partial charge on any atom is 0.122 e. The van der Waals surface area contributed by atoms with Crippen molar-refractivity contribution in [3.05, 3.63) is 29.3 Å². The highest BCUT2D eigenvalue weighted by atomic mass is 16.5. The third kappa shape index (κ3) is 1.50. The average molecular weight is 191 g/mol. The van der Waals surface area contributed by atoms with E-state index < -0.39 is 0 Å². The van der Waals surface area contributed by atoms with Crippen LogP contribution in [0, 0.1) is 5.92 Å². The molecule has 0 fully saturated rings. The Labute approximate surface area is 85.1 Å². The molecule has 14 heavy (non-hydrogen) atoms. The Kier molecular flexibility index (Phi) is 2.46. The summed E-state index contributed by atoms with van der Waals surface area (Å²) in [5.74, 6) is 1.57. The van der Waals surface area contributed by atoms with Crippen molar-refractivity contribution in [2.24, 2.45) is 11.7 Å². The van der Waals surface area contributed by atoms with E-state index in [-0.39, 0.29) is 6.04 Å². The molecule has 2 nitrogen and oxygen atoms in total. The van der Waals surface area contributed by atoms with E-state index in [1.165, 1.54) is 11.1 Å². The molecule has 1 aliphatic carbocycles. The molecular weight excluding hydrogens is 174 g/mol. The Morgan fingerprint density at radius 1 is 1.36 bits per heavy atom. The second-order valence-electron chi connectivity index (χ2n) is 4.15. The van der Waals surface area contributed by atoms with Crippen molar-refractivity contribution in [3.63, 3.8) is 0 Å². The van der Waals surface area contributed by atoms with E-state index in [0.29, 0.717) is 5.92 Å². The molecule has 2 heteroatoms. The van der Waals surface area contributed by atoms with Gasteiger partial charge in [-0.2, -0.15) is 0 Å². The van der Waals surface area contributed by atoms with Crippen LogP contribution >= 0.6 is 0 Å². The van der Waals surface area contributed by atoms with E-state index in [0.717, 1.165) is 18.6 Å². The van der Waals surface area contributed by atoms with Gasteiger partial charge in [-0.1, -0.05) is 19.1 Å². The maximum absolute atomic E-state index is 6.06. The van der Waals surface area contributed by atoms with E-state index in [1.807, 2.05) is 6.07 Å². The third-order valence-electron chi connectivity index (χ3n) is 3.16. The zero-order valence-corrected chi connectivity index (χ0v) is 8.79. The first-order valence-corrected chi connectivity index (χ1v) is 5.12. The van der Waals surface area contributed by atoms with Gasteiger partial charge in [0.15, 0.2) is 0 Å².